The van der Waals surface area contributed by atoms with Crippen molar-refractivity contribution in [2.24, 2.45) is 0 Å². The van der Waals surface area contributed by atoms with E-state index >= 15 is 0 Å². The van der Waals surface area contributed by atoms with Gasteiger partial charge in [0.05, 0.1) is 23.7 Å². The maximum atomic E-state index is 10.1. The molecule has 23 heavy (non-hydrogen) atoms. The number of halogens is 3. The number of alkyl halides is 3. The molecule has 0 aromatic carbocycles. The fraction of sp³-hybridized carbons (Fsp3) is 1.00. The van der Waals surface area contributed by atoms with Gasteiger partial charge in [0.25, 0.3) is 0 Å². The van der Waals surface area contributed by atoms with Crippen LogP contribution in [0, 0.1) is 0 Å². The van der Waals surface area contributed by atoms with Crippen molar-refractivity contribution in [2.45, 2.75) is 54.1 Å². The van der Waals surface area contributed by atoms with E-state index in [0.29, 0.717) is 0 Å². The van der Waals surface area contributed by atoms with Crippen molar-refractivity contribution in [1.29, 1.82) is 0 Å². The molecule has 0 saturated carbocycles. The highest BCUT2D eigenvalue weighted by atomic mass is 35.5. The molecule has 0 spiro atoms. The van der Waals surface area contributed by atoms with Gasteiger partial charge in [0.15, 0.2) is 6.29 Å². The van der Waals surface area contributed by atoms with Gasteiger partial charge in [0, 0.05) is 0 Å². The van der Waals surface area contributed by atoms with Crippen molar-refractivity contribution >= 4 is 34.8 Å². The second-order valence-corrected chi connectivity index (χ2v) is 6.54. The molecule has 0 aromatic rings. The molecule has 11 heteroatoms. The summed E-state index contributed by atoms with van der Waals surface area (Å²) < 4.78 is 16.1. The van der Waals surface area contributed by atoms with Gasteiger partial charge in [-0.1, -0.05) is 0 Å². The molecule has 0 radical (unpaired) electrons. The first-order valence-corrected chi connectivity index (χ1v) is 8.42. The molecular formula is C12H19Cl3O8. The van der Waals surface area contributed by atoms with E-state index < -0.39 is 66.6 Å². The van der Waals surface area contributed by atoms with Gasteiger partial charge >= 0.3 is 0 Å². The number of hydrogen-bond donors (Lipinski definition) is 5. The maximum Gasteiger partial charge on any atom is 0.214 e. The Labute approximate surface area is 147 Å². The zero-order valence-electron chi connectivity index (χ0n) is 11.8. The Kier molecular flexibility index (Phi) is 6.77. The first-order valence-electron chi connectivity index (χ1n) is 6.91. The van der Waals surface area contributed by atoms with E-state index in [1.54, 1.807) is 0 Å². The van der Waals surface area contributed by atoms with Crippen LogP contribution in [-0.2, 0) is 14.2 Å². The molecular weight excluding hydrogens is 378 g/mol. The minimum absolute atomic E-state index is 0.125. The summed E-state index contributed by atoms with van der Waals surface area (Å²) in [7, 11) is 0. The number of aliphatic hydroxyl groups is 5. The van der Waals surface area contributed by atoms with Crippen LogP contribution in [0.25, 0.3) is 0 Å². The normalized spacial score (nSPS) is 51.1. The molecule has 2 aliphatic rings. The van der Waals surface area contributed by atoms with Gasteiger partial charge in [-0.2, -0.15) is 0 Å². The van der Waals surface area contributed by atoms with Gasteiger partial charge in [-0.3, -0.25) is 0 Å². The van der Waals surface area contributed by atoms with Crippen LogP contribution in [0.1, 0.15) is 0 Å². The van der Waals surface area contributed by atoms with E-state index in [9.17, 15) is 25.5 Å². The Morgan fingerprint density at radius 3 is 2.13 bits per heavy atom. The minimum atomic E-state index is -1.90. The quantitative estimate of drug-likeness (QED) is 0.349. The van der Waals surface area contributed by atoms with Crippen LogP contribution in [0.2, 0.25) is 0 Å². The van der Waals surface area contributed by atoms with Gasteiger partial charge in [-0.05, 0) is 0 Å². The third kappa shape index (κ3) is 3.58. The molecule has 2 aliphatic heterocycles. The summed E-state index contributed by atoms with van der Waals surface area (Å²) in [6.07, 6.45) is -9.39. The molecule has 2 fully saturated rings. The van der Waals surface area contributed by atoms with E-state index in [2.05, 4.69) is 0 Å². The number of aliphatic hydroxyl groups excluding tert-OH is 5. The topological polar surface area (TPSA) is 129 Å². The van der Waals surface area contributed by atoms with E-state index in [0.717, 1.165) is 0 Å². The van der Waals surface area contributed by atoms with Crippen LogP contribution < -0.4 is 0 Å². The van der Waals surface area contributed by atoms with Crippen LogP contribution in [-0.4, -0.2) is 98.0 Å². The number of rotatable bonds is 5. The minimum Gasteiger partial charge on any atom is -0.394 e. The largest absolute Gasteiger partial charge is 0.394 e. The summed E-state index contributed by atoms with van der Waals surface area (Å²) in [6, 6.07) is 0. The van der Waals surface area contributed by atoms with Crippen molar-refractivity contribution in [3.05, 3.63) is 0 Å². The first kappa shape index (κ1) is 19.9. The lowest BCUT2D eigenvalue weighted by molar-refractivity contribution is -0.357. The van der Waals surface area contributed by atoms with E-state index in [4.69, 9.17) is 49.0 Å². The van der Waals surface area contributed by atoms with Gasteiger partial charge in [0.2, 0.25) is 5.79 Å². The summed E-state index contributed by atoms with van der Waals surface area (Å²) in [4.78, 5) is 0. The lowest BCUT2D eigenvalue weighted by atomic mass is 10.0. The Morgan fingerprint density at radius 1 is 1.00 bits per heavy atom. The summed E-state index contributed by atoms with van der Waals surface area (Å²) in [6.45, 7) is -0.526. The Hall–Kier alpha value is 0.550. The van der Waals surface area contributed by atoms with Gasteiger partial charge < -0.3 is 39.7 Å². The zero-order chi connectivity index (χ0) is 17.4. The average molecular weight is 398 g/mol. The molecule has 9 atom stereocenters. The second kappa shape index (κ2) is 7.84. The predicted molar refractivity (Wildman–Crippen MR) is 79.5 cm³/mol. The van der Waals surface area contributed by atoms with E-state index in [-0.39, 0.29) is 5.88 Å². The Balaban J connectivity index is 2.18. The summed E-state index contributed by atoms with van der Waals surface area (Å²) in [5, 5.41) is 48.1. The van der Waals surface area contributed by atoms with E-state index in [1.165, 1.54) is 0 Å². The fourth-order valence-electron chi connectivity index (χ4n) is 2.56. The smallest absolute Gasteiger partial charge is 0.214 e. The van der Waals surface area contributed by atoms with Crippen LogP contribution >= 0.6 is 34.8 Å². The van der Waals surface area contributed by atoms with Crippen LogP contribution in [0.3, 0.4) is 0 Å². The Morgan fingerprint density at radius 2 is 1.65 bits per heavy atom. The SMILES string of the molecule is OCC1O[C@@H](O[C@]2(CCl)O[C@H](CCl)[C@H](O)C2O)[C@@H](O)C(O)[C@H]1Cl. The maximum absolute atomic E-state index is 10.1. The average Bonchev–Trinajstić information content (AvgIpc) is 2.80. The molecule has 2 heterocycles. The van der Waals surface area contributed by atoms with Gasteiger partial charge in [0.1, 0.15) is 36.6 Å². The third-order valence-corrected chi connectivity index (χ3v) is 5.17. The summed E-state index contributed by atoms with van der Waals surface area (Å²) in [5.41, 5.74) is 0. The van der Waals surface area contributed by atoms with Crippen LogP contribution in [0.5, 0.6) is 0 Å². The lowest BCUT2D eigenvalue weighted by Crippen LogP contribution is -2.61. The molecule has 0 aliphatic carbocycles. The molecule has 0 aromatic heterocycles. The van der Waals surface area contributed by atoms with Gasteiger partial charge in [-0.25, -0.2) is 0 Å². The van der Waals surface area contributed by atoms with Crippen molar-refractivity contribution < 1.29 is 39.7 Å². The summed E-state index contributed by atoms with van der Waals surface area (Å²) >= 11 is 17.3. The van der Waals surface area contributed by atoms with Crippen molar-refractivity contribution in [2.75, 3.05) is 18.4 Å². The highest BCUT2D eigenvalue weighted by molar-refractivity contribution is 6.21. The zero-order valence-corrected chi connectivity index (χ0v) is 14.1. The highest BCUT2D eigenvalue weighted by Gasteiger charge is 2.58. The fourth-order valence-corrected chi connectivity index (χ4v) is 3.37. The lowest BCUT2D eigenvalue weighted by Gasteiger charge is -2.43. The molecule has 8 nitrogen and oxygen atoms in total. The third-order valence-electron chi connectivity index (χ3n) is 3.96. The van der Waals surface area contributed by atoms with Crippen molar-refractivity contribution in [3.8, 4) is 0 Å². The molecule has 5 N–H and O–H groups in total. The second-order valence-electron chi connectivity index (χ2n) is 5.46. The van der Waals surface area contributed by atoms with E-state index in [1.807, 2.05) is 0 Å². The summed E-state index contributed by atoms with van der Waals surface area (Å²) in [5.74, 6) is -2.43. The van der Waals surface area contributed by atoms with Crippen molar-refractivity contribution in [1.82, 2.24) is 0 Å². The molecule has 136 valence electrons. The monoisotopic (exact) mass is 396 g/mol. The van der Waals surface area contributed by atoms with Gasteiger partial charge in [-0.15, -0.1) is 34.8 Å². The number of ether oxygens (including phenoxy) is 3. The van der Waals surface area contributed by atoms with Crippen molar-refractivity contribution in [3.63, 3.8) is 0 Å². The van der Waals surface area contributed by atoms with Crippen LogP contribution in [0.15, 0.2) is 0 Å². The molecule has 2 rings (SSSR count). The molecule has 0 amide bonds. The highest BCUT2D eigenvalue weighted by Crippen LogP contribution is 2.37. The molecule has 3 unspecified atom stereocenters. The van der Waals surface area contributed by atoms with Crippen LogP contribution in [0.4, 0.5) is 0 Å². The molecule has 2 saturated heterocycles. The standard InChI is InChI=1S/C12H19Cl3O8/c13-1-4-7(17)10(20)12(3-14,22-4)23-11-9(19)8(18)6(15)5(2-16)21-11/h4-11,16-20H,1-3H2/t4-,5?,6+,7+,8?,9+,10?,11+,12+/m1/s1. The first-order chi connectivity index (χ1) is 10.8. The Bertz CT molecular complexity index is 403. The molecule has 0 bridgehead atoms. The predicted octanol–water partition coefficient (Wildman–Crippen LogP) is -1.66. The number of hydrogen-bond acceptors (Lipinski definition) is 8.